The molecular formula is C23H30N4OS2. The van der Waals surface area contributed by atoms with E-state index < -0.39 is 0 Å². The third kappa shape index (κ3) is 3.69. The molecule has 1 saturated heterocycles. The first-order chi connectivity index (χ1) is 14.6. The fraction of sp³-hybridized carbons (Fsp3) is 0.609. The highest BCUT2D eigenvalue weighted by Crippen LogP contribution is 2.44. The Morgan fingerprint density at radius 2 is 2.00 bits per heavy atom. The van der Waals surface area contributed by atoms with E-state index in [0.717, 1.165) is 46.5 Å². The van der Waals surface area contributed by atoms with Crippen LogP contribution in [0.25, 0.3) is 20.4 Å². The highest BCUT2D eigenvalue weighted by molar-refractivity contribution is 7.99. The molecule has 0 atom stereocenters. The molecule has 2 aliphatic rings. The average molecular weight is 443 g/mol. The molecule has 0 N–H and O–H groups in total. The molecule has 0 saturated carbocycles. The second-order valence-electron chi connectivity index (χ2n) is 9.01. The Balaban J connectivity index is 1.66. The Labute approximate surface area is 186 Å². The first-order valence-corrected chi connectivity index (χ1v) is 13.0. The Hall–Kier alpha value is -1.44. The third-order valence-electron chi connectivity index (χ3n) is 6.17. The predicted molar refractivity (Wildman–Crippen MR) is 127 cm³/mol. The molecule has 7 heteroatoms. The Kier molecular flexibility index (Phi) is 5.62. The fourth-order valence-electron chi connectivity index (χ4n) is 4.58. The van der Waals surface area contributed by atoms with Crippen LogP contribution in [-0.2, 0) is 17.8 Å². The minimum atomic E-state index is -0.164. The van der Waals surface area contributed by atoms with E-state index in [1.54, 1.807) is 17.7 Å². The summed E-state index contributed by atoms with van der Waals surface area (Å²) in [5, 5.41) is 2.35. The van der Waals surface area contributed by atoms with Gasteiger partial charge in [-0.15, -0.1) is 23.1 Å². The number of anilines is 1. The molecule has 0 amide bonds. The number of fused-ring (bicyclic) bond motifs is 5. The molecule has 160 valence electrons. The molecule has 5 heterocycles. The van der Waals surface area contributed by atoms with Gasteiger partial charge >= 0.3 is 0 Å². The minimum absolute atomic E-state index is 0.164. The van der Waals surface area contributed by atoms with Crippen LogP contribution in [0.2, 0.25) is 0 Å². The van der Waals surface area contributed by atoms with Gasteiger partial charge in [-0.3, -0.25) is 0 Å². The van der Waals surface area contributed by atoms with E-state index in [2.05, 4.69) is 30.7 Å². The average Bonchev–Trinajstić information content (AvgIpc) is 3.38. The quantitative estimate of drug-likeness (QED) is 0.266. The van der Waals surface area contributed by atoms with Gasteiger partial charge in [-0.1, -0.05) is 19.8 Å². The second-order valence-corrected chi connectivity index (χ2v) is 11.1. The van der Waals surface area contributed by atoms with Gasteiger partial charge in [0.15, 0.2) is 0 Å². The largest absolute Gasteiger partial charge is 0.370 e. The maximum Gasteiger partial charge on any atom is 0.136 e. The van der Waals surface area contributed by atoms with Crippen LogP contribution in [0.5, 0.6) is 0 Å². The maximum absolute atomic E-state index is 6.23. The van der Waals surface area contributed by atoms with Crippen molar-refractivity contribution in [3.8, 4) is 0 Å². The van der Waals surface area contributed by atoms with E-state index in [4.69, 9.17) is 14.7 Å². The van der Waals surface area contributed by atoms with Gasteiger partial charge in [-0.05, 0) is 44.4 Å². The predicted octanol–water partition coefficient (Wildman–Crippen LogP) is 5.97. The summed E-state index contributed by atoms with van der Waals surface area (Å²) in [5.41, 5.74) is 3.59. The number of thioether (sulfide) groups is 1. The van der Waals surface area contributed by atoms with Crippen molar-refractivity contribution in [3.63, 3.8) is 0 Å². The van der Waals surface area contributed by atoms with Crippen molar-refractivity contribution in [2.45, 2.75) is 76.5 Å². The van der Waals surface area contributed by atoms with Crippen LogP contribution in [0, 0.1) is 0 Å². The van der Waals surface area contributed by atoms with E-state index in [-0.39, 0.29) is 5.60 Å². The number of ether oxygens (including phenoxy) is 1. The monoisotopic (exact) mass is 442 g/mol. The van der Waals surface area contributed by atoms with Crippen LogP contribution in [0.1, 0.15) is 64.0 Å². The number of nitrogens with zero attached hydrogens (tertiary/aromatic N) is 4. The highest BCUT2D eigenvalue weighted by Gasteiger charge is 2.33. The Morgan fingerprint density at radius 1 is 1.17 bits per heavy atom. The summed E-state index contributed by atoms with van der Waals surface area (Å²) in [6.07, 6.45) is 8.89. The Morgan fingerprint density at radius 3 is 2.80 bits per heavy atom. The van der Waals surface area contributed by atoms with Crippen molar-refractivity contribution in [3.05, 3.63) is 17.5 Å². The molecule has 5 rings (SSSR count). The molecule has 5 nitrogen and oxygen atoms in total. The minimum Gasteiger partial charge on any atom is -0.370 e. The lowest BCUT2D eigenvalue weighted by molar-refractivity contribution is -0.0395. The van der Waals surface area contributed by atoms with Gasteiger partial charge in [0, 0.05) is 30.5 Å². The lowest BCUT2D eigenvalue weighted by Crippen LogP contribution is -2.33. The standard InChI is InChI=1S/C23H30N4OS2/c1-4-5-8-11-29-22-19-18(24-14-25-22)17-15-12-23(2,3)28-13-16(15)20(26-21(17)30-19)27-9-6-7-10-27/h14H,4-13H2,1-3H3. The topological polar surface area (TPSA) is 51.1 Å². The van der Waals surface area contributed by atoms with Gasteiger partial charge in [0.25, 0.3) is 0 Å². The smallest absolute Gasteiger partial charge is 0.136 e. The summed E-state index contributed by atoms with van der Waals surface area (Å²) in [5.74, 6) is 2.25. The molecular weight excluding hydrogens is 412 g/mol. The van der Waals surface area contributed by atoms with Crippen molar-refractivity contribution in [1.82, 2.24) is 15.0 Å². The van der Waals surface area contributed by atoms with Gasteiger partial charge in [0.1, 0.15) is 22.0 Å². The fourth-order valence-corrected chi connectivity index (χ4v) is 6.81. The van der Waals surface area contributed by atoms with Gasteiger partial charge in [-0.2, -0.15) is 0 Å². The van der Waals surface area contributed by atoms with Crippen LogP contribution >= 0.6 is 23.1 Å². The summed E-state index contributed by atoms with van der Waals surface area (Å²) in [7, 11) is 0. The zero-order valence-electron chi connectivity index (χ0n) is 18.2. The van der Waals surface area contributed by atoms with Gasteiger partial charge < -0.3 is 9.64 Å². The maximum atomic E-state index is 6.23. The molecule has 0 unspecified atom stereocenters. The third-order valence-corrected chi connectivity index (χ3v) is 8.45. The van der Waals surface area contributed by atoms with Crippen LogP contribution in [0.4, 0.5) is 5.82 Å². The molecule has 0 radical (unpaired) electrons. The lowest BCUT2D eigenvalue weighted by atomic mass is 9.90. The molecule has 0 aromatic carbocycles. The molecule has 1 fully saturated rings. The number of hydrogen-bond acceptors (Lipinski definition) is 7. The number of unbranched alkanes of at least 4 members (excludes halogenated alkanes) is 2. The van der Waals surface area contributed by atoms with Gasteiger partial charge in [-0.25, -0.2) is 15.0 Å². The van der Waals surface area contributed by atoms with E-state index >= 15 is 0 Å². The van der Waals surface area contributed by atoms with Crippen LogP contribution in [0.15, 0.2) is 11.4 Å². The van der Waals surface area contributed by atoms with Crippen molar-refractivity contribution in [1.29, 1.82) is 0 Å². The molecule has 0 aliphatic carbocycles. The van der Waals surface area contributed by atoms with Crippen molar-refractivity contribution in [2.24, 2.45) is 0 Å². The lowest BCUT2D eigenvalue weighted by Gasteiger charge is -2.34. The SMILES string of the molecule is CCCCCSc1ncnc2c1sc1nc(N3CCCC3)c3c(c12)CC(C)(C)OC3. The van der Waals surface area contributed by atoms with E-state index in [1.807, 2.05) is 11.8 Å². The highest BCUT2D eigenvalue weighted by atomic mass is 32.2. The number of aromatic nitrogens is 3. The van der Waals surface area contributed by atoms with Gasteiger partial charge in [0.05, 0.1) is 22.4 Å². The molecule has 0 bridgehead atoms. The summed E-state index contributed by atoms with van der Waals surface area (Å²) < 4.78 is 7.43. The number of rotatable bonds is 6. The van der Waals surface area contributed by atoms with E-state index in [1.165, 1.54) is 53.3 Å². The van der Waals surface area contributed by atoms with Crippen LogP contribution in [-0.4, -0.2) is 39.4 Å². The molecule has 2 aliphatic heterocycles. The van der Waals surface area contributed by atoms with Crippen molar-refractivity contribution in [2.75, 3.05) is 23.7 Å². The summed E-state index contributed by atoms with van der Waals surface area (Å²) in [6, 6.07) is 0. The molecule has 3 aromatic rings. The normalized spacial score (nSPS) is 18.4. The summed E-state index contributed by atoms with van der Waals surface area (Å²) in [6.45, 7) is 9.46. The zero-order valence-corrected chi connectivity index (χ0v) is 19.8. The molecule has 30 heavy (non-hydrogen) atoms. The second kappa shape index (κ2) is 8.24. The van der Waals surface area contributed by atoms with E-state index in [0.29, 0.717) is 6.61 Å². The summed E-state index contributed by atoms with van der Waals surface area (Å²) >= 11 is 3.64. The molecule has 0 spiro atoms. The van der Waals surface area contributed by atoms with Crippen molar-refractivity contribution >= 4 is 49.3 Å². The summed E-state index contributed by atoms with van der Waals surface area (Å²) in [4.78, 5) is 18.1. The first-order valence-electron chi connectivity index (χ1n) is 11.2. The number of thiophene rings is 1. The Bertz CT molecular complexity index is 1070. The van der Waals surface area contributed by atoms with Crippen LogP contribution < -0.4 is 4.90 Å². The molecule has 3 aromatic heterocycles. The first kappa shape index (κ1) is 20.5. The number of hydrogen-bond donors (Lipinski definition) is 0. The van der Waals surface area contributed by atoms with E-state index in [9.17, 15) is 0 Å². The van der Waals surface area contributed by atoms with Crippen molar-refractivity contribution < 1.29 is 4.74 Å². The van der Waals surface area contributed by atoms with Crippen LogP contribution in [0.3, 0.4) is 0 Å². The zero-order chi connectivity index (χ0) is 20.7. The van der Waals surface area contributed by atoms with Gasteiger partial charge in [0.2, 0.25) is 0 Å². The number of pyridine rings is 1.